The Kier molecular flexibility index (Phi) is 3.06. The zero-order valence-electron chi connectivity index (χ0n) is 9.71. The van der Waals surface area contributed by atoms with Crippen LogP contribution in [0.4, 0.5) is 0 Å². The van der Waals surface area contributed by atoms with Crippen molar-refractivity contribution in [1.82, 2.24) is 0 Å². The summed E-state index contributed by atoms with van der Waals surface area (Å²) in [5.41, 5.74) is 1.53. The molecule has 4 nitrogen and oxygen atoms in total. The highest BCUT2D eigenvalue weighted by atomic mass is 16.4. The van der Waals surface area contributed by atoms with Crippen molar-refractivity contribution in [3.8, 4) is 0 Å². The van der Waals surface area contributed by atoms with Crippen molar-refractivity contribution in [3.63, 3.8) is 0 Å². The molecular formula is C13H15N2O2+. The Hall–Kier alpha value is -1.94. The van der Waals surface area contributed by atoms with Gasteiger partial charge in [0.1, 0.15) is 18.7 Å². The van der Waals surface area contributed by atoms with Crippen LogP contribution in [0.25, 0.3) is 0 Å². The molecule has 0 bridgehead atoms. The molecular weight excluding hydrogens is 216 g/mol. The van der Waals surface area contributed by atoms with Crippen molar-refractivity contribution in [1.29, 1.82) is 0 Å². The van der Waals surface area contributed by atoms with Crippen molar-refractivity contribution >= 4 is 12.3 Å². The van der Waals surface area contributed by atoms with Crippen LogP contribution in [-0.4, -0.2) is 35.5 Å². The second-order valence-corrected chi connectivity index (χ2v) is 4.51. The maximum Gasteiger partial charge on any atom is 0.338 e. The van der Waals surface area contributed by atoms with Crippen molar-refractivity contribution in [2.75, 3.05) is 13.6 Å². The van der Waals surface area contributed by atoms with Gasteiger partial charge < -0.3 is 5.11 Å². The number of carboxylic acids is 1. The average Bonchev–Trinajstić information content (AvgIpc) is 2.29. The molecule has 0 radical (unpaired) electrons. The van der Waals surface area contributed by atoms with E-state index in [1.807, 2.05) is 37.4 Å². The molecule has 0 saturated heterocycles. The van der Waals surface area contributed by atoms with Gasteiger partial charge in [0, 0.05) is 11.8 Å². The molecule has 1 aromatic carbocycles. The number of aliphatic imine (C=N–C) groups is 1. The highest BCUT2D eigenvalue weighted by molar-refractivity contribution is 5.87. The number of nitrogens with zero attached hydrogens (tertiary/aromatic N) is 2. The monoisotopic (exact) mass is 231 g/mol. The van der Waals surface area contributed by atoms with Crippen molar-refractivity contribution in [3.05, 3.63) is 47.7 Å². The molecule has 1 atom stereocenters. The van der Waals surface area contributed by atoms with Crippen LogP contribution in [0, 0.1) is 0 Å². The third kappa shape index (κ3) is 2.79. The molecule has 0 amide bonds. The Bertz CT molecular complexity index is 479. The van der Waals surface area contributed by atoms with E-state index in [0.29, 0.717) is 16.6 Å². The van der Waals surface area contributed by atoms with Crippen LogP contribution < -0.4 is 0 Å². The quantitative estimate of drug-likeness (QED) is 0.804. The first-order valence-electron chi connectivity index (χ1n) is 5.44. The Morgan fingerprint density at radius 3 is 2.76 bits per heavy atom. The summed E-state index contributed by atoms with van der Waals surface area (Å²) >= 11 is 0. The first-order chi connectivity index (χ1) is 8.09. The minimum Gasteiger partial charge on any atom is -0.478 e. The molecule has 0 aromatic heterocycles. The number of benzene rings is 1. The van der Waals surface area contributed by atoms with E-state index in [9.17, 15) is 4.79 Å². The van der Waals surface area contributed by atoms with Gasteiger partial charge in [0.15, 0.2) is 6.34 Å². The van der Waals surface area contributed by atoms with Gasteiger partial charge in [-0.15, -0.1) is 0 Å². The van der Waals surface area contributed by atoms with Crippen molar-refractivity contribution < 1.29 is 14.4 Å². The molecule has 0 saturated carbocycles. The lowest BCUT2D eigenvalue weighted by Gasteiger charge is -2.31. The molecule has 1 aliphatic rings. The van der Waals surface area contributed by atoms with Crippen molar-refractivity contribution in [2.24, 2.45) is 4.99 Å². The van der Waals surface area contributed by atoms with Gasteiger partial charge >= 0.3 is 5.97 Å². The molecule has 1 aromatic rings. The summed E-state index contributed by atoms with van der Waals surface area (Å²) in [6.45, 7) is 1.21. The van der Waals surface area contributed by atoms with Crippen LogP contribution in [0.1, 0.15) is 5.56 Å². The summed E-state index contributed by atoms with van der Waals surface area (Å²) in [6, 6.07) is 10.0. The highest BCUT2D eigenvalue weighted by Gasteiger charge is 2.27. The molecule has 4 heteroatoms. The van der Waals surface area contributed by atoms with Crippen LogP contribution in [0.15, 0.2) is 47.1 Å². The summed E-state index contributed by atoms with van der Waals surface area (Å²) in [5, 5.41) is 8.98. The predicted octanol–water partition coefficient (Wildman–Crippen LogP) is 1.64. The fourth-order valence-corrected chi connectivity index (χ4v) is 1.98. The number of carboxylic acid groups (broad SMARTS) is 1. The fraction of sp³-hybridized carbons (Fsp3) is 0.231. The van der Waals surface area contributed by atoms with Gasteiger partial charge in [0.05, 0.1) is 7.05 Å². The standard InChI is InChI=1S/C13H14N2O2/c1-15(8-11-5-3-2-4-6-11)9-12(13(16)17)7-14-10-15/h2-7,10H,8-9H2,1H3/p+1. The van der Waals surface area contributed by atoms with Crippen LogP contribution in [-0.2, 0) is 11.3 Å². The third-order valence-corrected chi connectivity index (χ3v) is 2.77. The van der Waals surface area contributed by atoms with E-state index in [-0.39, 0.29) is 0 Å². The van der Waals surface area contributed by atoms with Crippen molar-refractivity contribution in [2.45, 2.75) is 6.54 Å². The van der Waals surface area contributed by atoms with E-state index in [1.54, 1.807) is 6.34 Å². The smallest absolute Gasteiger partial charge is 0.338 e. The van der Waals surface area contributed by atoms with E-state index in [1.165, 1.54) is 11.8 Å². The van der Waals surface area contributed by atoms with Gasteiger partial charge in [-0.3, -0.25) is 4.48 Å². The fourth-order valence-electron chi connectivity index (χ4n) is 1.98. The topological polar surface area (TPSA) is 49.7 Å². The lowest BCUT2D eigenvalue weighted by Crippen LogP contribution is -2.45. The van der Waals surface area contributed by atoms with E-state index < -0.39 is 5.97 Å². The summed E-state index contributed by atoms with van der Waals surface area (Å²) in [6.07, 6.45) is 3.22. The van der Waals surface area contributed by atoms with Gasteiger partial charge in [0.25, 0.3) is 0 Å². The van der Waals surface area contributed by atoms with Crippen LogP contribution in [0.5, 0.6) is 0 Å². The number of hydrogen-bond donors (Lipinski definition) is 1. The van der Waals surface area contributed by atoms with Gasteiger partial charge in [-0.2, -0.15) is 0 Å². The van der Waals surface area contributed by atoms with Crippen LogP contribution >= 0.6 is 0 Å². The number of likely N-dealkylation sites (N-methyl/N-ethyl adjacent to an activating group) is 1. The Labute approximate surface area is 100 Å². The molecule has 0 aliphatic carbocycles. The Morgan fingerprint density at radius 2 is 2.12 bits per heavy atom. The molecule has 1 N–H and O–H groups in total. The van der Waals surface area contributed by atoms with Crippen LogP contribution in [0.2, 0.25) is 0 Å². The SMILES string of the molecule is C[N+]1(Cc2ccccc2)C=NC=C(C(=O)O)C1. The molecule has 0 spiro atoms. The molecule has 17 heavy (non-hydrogen) atoms. The number of hydrogen-bond acceptors (Lipinski definition) is 2. The third-order valence-electron chi connectivity index (χ3n) is 2.77. The van der Waals surface area contributed by atoms with Gasteiger partial charge in [-0.1, -0.05) is 30.3 Å². The van der Waals surface area contributed by atoms with Gasteiger partial charge in [-0.05, 0) is 0 Å². The molecule has 88 valence electrons. The normalized spacial score (nSPS) is 23.2. The zero-order valence-corrected chi connectivity index (χ0v) is 9.71. The zero-order chi connectivity index (χ0) is 12.3. The minimum atomic E-state index is -0.890. The molecule has 2 rings (SSSR count). The Balaban J connectivity index is 2.14. The molecule has 1 heterocycles. The predicted molar refractivity (Wildman–Crippen MR) is 65.4 cm³/mol. The van der Waals surface area contributed by atoms with Gasteiger partial charge in [0.2, 0.25) is 0 Å². The number of aliphatic carboxylic acids is 1. The molecule has 1 aliphatic heterocycles. The van der Waals surface area contributed by atoms with E-state index >= 15 is 0 Å². The second-order valence-electron chi connectivity index (χ2n) is 4.51. The minimum absolute atomic E-state index is 0.353. The summed E-state index contributed by atoms with van der Waals surface area (Å²) < 4.78 is 0.488. The summed E-state index contributed by atoms with van der Waals surface area (Å²) in [7, 11) is 1.98. The second kappa shape index (κ2) is 4.51. The number of carbonyl (C=O) groups is 1. The maximum atomic E-state index is 10.9. The largest absolute Gasteiger partial charge is 0.478 e. The Morgan fingerprint density at radius 1 is 1.41 bits per heavy atom. The number of quaternary nitrogens is 1. The molecule has 1 unspecified atom stereocenters. The number of rotatable bonds is 3. The van der Waals surface area contributed by atoms with E-state index in [4.69, 9.17) is 5.11 Å². The first-order valence-corrected chi connectivity index (χ1v) is 5.44. The van der Waals surface area contributed by atoms with E-state index in [2.05, 4.69) is 4.99 Å². The summed E-state index contributed by atoms with van der Waals surface area (Å²) in [5.74, 6) is -0.890. The lowest BCUT2D eigenvalue weighted by atomic mass is 10.1. The lowest BCUT2D eigenvalue weighted by molar-refractivity contribution is -0.823. The highest BCUT2D eigenvalue weighted by Crippen LogP contribution is 2.16. The maximum absolute atomic E-state index is 10.9. The van der Waals surface area contributed by atoms with Gasteiger partial charge in [-0.25, -0.2) is 9.79 Å². The average molecular weight is 231 g/mol. The molecule has 0 fully saturated rings. The van der Waals surface area contributed by atoms with Crippen LogP contribution in [0.3, 0.4) is 0 Å². The first kappa shape index (κ1) is 11.5. The summed E-state index contributed by atoms with van der Waals surface area (Å²) in [4.78, 5) is 15.0. The van der Waals surface area contributed by atoms with E-state index in [0.717, 1.165) is 6.54 Å².